The van der Waals surface area contributed by atoms with Gasteiger partial charge in [-0.3, -0.25) is 4.79 Å². The van der Waals surface area contributed by atoms with Gasteiger partial charge in [0.25, 0.3) is 0 Å². The number of carboxylic acid groups (broad SMARTS) is 2. The number of ether oxygens (including phenoxy) is 1. The summed E-state index contributed by atoms with van der Waals surface area (Å²) in [7, 11) is 0. The topological polar surface area (TPSA) is 252 Å². The number of carbonyl (C=O) groups excluding carboxylic acids is 3. The van der Waals surface area contributed by atoms with Crippen molar-refractivity contribution < 1.29 is 70.8 Å². The predicted octanol–water partition coefficient (Wildman–Crippen LogP) is -5.60. The number of nitrogens with one attached hydrogen (secondary N) is 1. The van der Waals surface area contributed by atoms with Crippen LogP contribution >= 0.6 is 0 Å². The molecule has 1 saturated carbocycles. The van der Waals surface area contributed by atoms with Crippen LogP contribution in [0.5, 0.6) is 0 Å². The van der Waals surface area contributed by atoms with E-state index in [1.54, 1.807) is 0 Å². The van der Waals surface area contributed by atoms with Crippen molar-refractivity contribution in [2.75, 3.05) is 6.61 Å². The van der Waals surface area contributed by atoms with E-state index in [2.05, 4.69) is 5.32 Å². The van der Waals surface area contributed by atoms with Crippen LogP contribution in [0.25, 0.3) is 0 Å². The predicted molar refractivity (Wildman–Crippen MR) is 104 cm³/mol. The third kappa shape index (κ3) is 10.3. The number of aliphatic hydroxyl groups excluding tert-OH is 4. The normalized spacial score (nSPS) is 31.5. The summed E-state index contributed by atoms with van der Waals surface area (Å²) in [5.41, 5.74) is 11.3. The van der Waals surface area contributed by atoms with Crippen molar-refractivity contribution in [1.82, 2.24) is 5.32 Å². The van der Waals surface area contributed by atoms with Gasteiger partial charge < -0.3 is 61.7 Å². The molecule has 1 saturated heterocycles. The van der Waals surface area contributed by atoms with Gasteiger partial charge in [-0.15, -0.1) is 0 Å². The number of hydrogen-bond acceptors (Lipinski definition) is 12. The first-order valence-corrected chi connectivity index (χ1v) is 10.5. The summed E-state index contributed by atoms with van der Waals surface area (Å²) in [6.45, 7) is -0.657. The molecule has 33 heavy (non-hydrogen) atoms. The Morgan fingerprint density at radius 2 is 1.48 bits per heavy atom. The number of rotatable bonds is 8. The number of carbonyl (C=O) groups is 3. The number of nitrogens with two attached hydrogens (primary N) is 2. The van der Waals surface area contributed by atoms with Gasteiger partial charge in [-0.2, -0.15) is 0 Å². The summed E-state index contributed by atoms with van der Waals surface area (Å²) >= 11 is 0. The van der Waals surface area contributed by atoms with E-state index in [-0.39, 0.29) is 52.4 Å². The van der Waals surface area contributed by atoms with Crippen molar-refractivity contribution in [2.24, 2.45) is 17.4 Å². The summed E-state index contributed by atoms with van der Waals surface area (Å²) < 4.78 is 5.05. The quantitative estimate of drug-likeness (QED) is 0.121. The van der Waals surface area contributed by atoms with Gasteiger partial charge in [0.2, 0.25) is 5.91 Å². The van der Waals surface area contributed by atoms with E-state index < -0.39 is 61.0 Å². The van der Waals surface area contributed by atoms with E-state index in [9.17, 15) is 39.9 Å². The molecule has 0 unspecified atom stereocenters. The Hall–Kier alpha value is -1.18. The monoisotopic (exact) mass is 658 g/mol. The van der Waals surface area contributed by atoms with Crippen LogP contribution in [-0.2, 0) is 40.2 Å². The molecule has 0 spiro atoms. The molecule has 13 nitrogen and oxygen atoms in total. The maximum atomic E-state index is 11.7. The molecule has 14 heteroatoms. The Morgan fingerprint density at radius 1 is 0.970 bits per heavy atom. The molecule has 1 aliphatic heterocycles. The van der Waals surface area contributed by atoms with E-state index in [0.29, 0.717) is 0 Å². The molecule has 1 aliphatic carbocycles. The maximum Gasteiger partial charge on any atom is 2.00 e. The van der Waals surface area contributed by atoms with Gasteiger partial charge >= 0.3 is 21.1 Å². The van der Waals surface area contributed by atoms with Gasteiger partial charge in [0.15, 0.2) is 6.23 Å². The second-order valence-corrected chi connectivity index (χ2v) is 8.01. The van der Waals surface area contributed by atoms with E-state index in [1.807, 2.05) is 0 Å². The number of amides is 1. The van der Waals surface area contributed by atoms with Crippen molar-refractivity contribution in [3.05, 3.63) is 0 Å². The van der Waals surface area contributed by atoms with E-state index in [0.717, 1.165) is 12.8 Å². The Bertz CT molecular complexity index is 603. The fourth-order valence-electron chi connectivity index (χ4n) is 3.44. The van der Waals surface area contributed by atoms with Crippen LogP contribution in [0.4, 0.5) is 0 Å². The molecule has 0 bridgehead atoms. The summed E-state index contributed by atoms with van der Waals surface area (Å²) in [4.78, 5) is 32.8. The first-order chi connectivity index (χ1) is 15.0. The first kappa shape index (κ1) is 31.8. The zero-order valence-electron chi connectivity index (χ0n) is 18.0. The molecule has 0 aromatic rings. The number of hydrogen-bond donors (Lipinski definition) is 7. The van der Waals surface area contributed by atoms with Crippen molar-refractivity contribution in [3.8, 4) is 0 Å². The summed E-state index contributed by atoms with van der Waals surface area (Å²) in [5, 5.41) is 61.2. The molecule has 7 atom stereocenters. The third-order valence-corrected chi connectivity index (χ3v) is 5.54. The summed E-state index contributed by atoms with van der Waals surface area (Å²) in [6.07, 6.45) is -3.43. The Kier molecular flexibility index (Phi) is 15.1. The van der Waals surface area contributed by atoms with E-state index in [1.165, 1.54) is 12.8 Å². The minimum absolute atomic E-state index is 0. The van der Waals surface area contributed by atoms with Gasteiger partial charge in [0.05, 0.1) is 18.5 Å². The van der Waals surface area contributed by atoms with Crippen molar-refractivity contribution in [2.45, 2.75) is 87.7 Å². The van der Waals surface area contributed by atoms with E-state index in [4.69, 9.17) is 21.3 Å². The molecule has 1 heterocycles. The average Bonchev–Trinajstić information content (AvgIpc) is 2.73. The molecule has 2 rings (SSSR count). The number of aliphatic hydroxyl groups is 4. The Labute approximate surface area is 205 Å². The second kappa shape index (κ2) is 15.7. The fraction of sp³-hybridized carbons (Fsp3) is 0.842. The zero-order chi connectivity index (χ0) is 24.4. The van der Waals surface area contributed by atoms with Crippen molar-refractivity contribution >= 4 is 17.8 Å². The smallest absolute Gasteiger partial charge is 0.549 e. The van der Waals surface area contributed by atoms with Crippen LogP contribution in [-0.4, -0.2) is 87.6 Å². The molecular formula is C19H33N3O10Pt. The maximum absolute atomic E-state index is 11.7. The Balaban J connectivity index is 0.000000956. The Morgan fingerprint density at radius 3 is 1.91 bits per heavy atom. The van der Waals surface area contributed by atoms with E-state index >= 15 is 0 Å². The van der Waals surface area contributed by atoms with Crippen LogP contribution in [0.3, 0.4) is 0 Å². The molecule has 9 N–H and O–H groups in total. The van der Waals surface area contributed by atoms with Crippen molar-refractivity contribution in [3.63, 3.8) is 0 Å². The second-order valence-electron chi connectivity index (χ2n) is 8.01. The average molecular weight is 659 g/mol. The fourth-order valence-corrected chi connectivity index (χ4v) is 3.44. The molecule has 0 aromatic carbocycles. The minimum Gasteiger partial charge on any atom is -0.549 e. The SMILES string of the molecule is N[C@@H]1CCCC[C@H]1N.O=C(CCCC(C(=O)[O-])C(=O)[O-])N[C@@H]1O[C@H](CO)[C@H](O)[C@H](O)[C@H]1O.[Pt+2]. The minimum atomic E-state index is -1.84. The van der Waals surface area contributed by atoms with Gasteiger partial charge in [0, 0.05) is 24.4 Å². The molecule has 0 radical (unpaired) electrons. The van der Waals surface area contributed by atoms with Crippen LogP contribution in [0, 0.1) is 5.92 Å². The largest absolute Gasteiger partial charge is 2.00 e. The third-order valence-electron chi connectivity index (χ3n) is 5.54. The van der Waals surface area contributed by atoms with Crippen LogP contribution in [0.1, 0.15) is 44.9 Å². The van der Waals surface area contributed by atoms with Crippen LogP contribution in [0.2, 0.25) is 0 Å². The molecule has 0 aromatic heterocycles. The van der Waals surface area contributed by atoms with Gasteiger partial charge in [0.1, 0.15) is 24.4 Å². The molecule has 1 amide bonds. The summed E-state index contributed by atoms with van der Waals surface area (Å²) in [5.74, 6) is -6.19. The van der Waals surface area contributed by atoms with Crippen LogP contribution < -0.4 is 27.0 Å². The van der Waals surface area contributed by atoms with Crippen molar-refractivity contribution in [1.29, 1.82) is 0 Å². The van der Waals surface area contributed by atoms with Gasteiger partial charge in [-0.05, 0) is 25.7 Å². The molecule has 194 valence electrons. The molecule has 2 aliphatic rings. The van der Waals surface area contributed by atoms with Gasteiger partial charge in [-0.25, -0.2) is 0 Å². The number of aliphatic carboxylic acids is 2. The zero-order valence-corrected chi connectivity index (χ0v) is 20.3. The number of carboxylic acids is 2. The molecular weight excluding hydrogens is 625 g/mol. The standard InChI is InChI=1S/C13H21NO10.C6H14N2.Pt/c15-4-6-8(17)9(18)10(19)11(24-6)14-7(16)3-1-2-5(12(20)21)13(22)23;7-5-3-1-2-4-6(5)8;/h5-6,8-11,15,17-19H,1-4H2,(H,14,16)(H,20,21)(H,22,23);5-6H,1-4,7-8H2;/q;;+2/p-2/t6-,8+,9+,10-,11-;5-,6-;/m11./s1. The van der Waals surface area contributed by atoms with Crippen LogP contribution in [0.15, 0.2) is 0 Å². The van der Waals surface area contributed by atoms with Gasteiger partial charge in [-0.1, -0.05) is 12.8 Å². The summed E-state index contributed by atoms with van der Waals surface area (Å²) in [6, 6.07) is 0.562. The molecule has 2 fully saturated rings. The first-order valence-electron chi connectivity index (χ1n) is 10.5.